The van der Waals surface area contributed by atoms with Crippen LogP contribution in [0.1, 0.15) is 18.0 Å². The van der Waals surface area contributed by atoms with Gasteiger partial charge in [0.25, 0.3) is 0 Å². The third-order valence-corrected chi connectivity index (χ3v) is 2.68. The Balaban J connectivity index is 2.44. The van der Waals surface area contributed by atoms with E-state index in [0.717, 1.165) is 17.7 Å². The Morgan fingerprint density at radius 2 is 2.06 bits per heavy atom. The van der Waals surface area contributed by atoms with Gasteiger partial charge in [-0.25, -0.2) is 0 Å². The van der Waals surface area contributed by atoms with Gasteiger partial charge in [0.15, 0.2) is 0 Å². The Morgan fingerprint density at radius 3 is 2.72 bits per heavy atom. The Kier molecular flexibility index (Phi) is 7.36. The van der Waals surface area contributed by atoms with Crippen molar-refractivity contribution >= 4 is 0 Å². The van der Waals surface area contributed by atoms with E-state index in [2.05, 4.69) is 5.43 Å². The van der Waals surface area contributed by atoms with Crippen LogP contribution in [0.15, 0.2) is 24.3 Å². The van der Waals surface area contributed by atoms with Gasteiger partial charge in [0.1, 0.15) is 5.75 Å². The van der Waals surface area contributed by atoms with Crippen molar-refractivity contribution in [1.82, 2.24) is 5.43 Å². The van der Waals surface area contributed by atoms with Crippen molar-refractivity contribution in [3.63, 3.8) is 0 Å². The summed E-state index contributed by atoms with van der Waals surface area (Å²) in [6, 6.07) is 7.90. The van der Waals surface area contributed by atoms with Crippen LogP contribution in [0.2, 0.25) is 0 Å². The van der Waals surface area contributed by atoms with Gasteiger partial charge in [-0.05, 0) is 24.1 Å². The number of ether oxygens (including phenoxy) is 3. The lowest BCUT2D eigenvalue weighted by atomic mass is 10.0. The normalized spacial score (nSPS) is 12.4. The molecule has 0 fully saturated rings. The first-order chi connectivity index (χ1) is 8.81. The Labute approximate surface area is 108 Å². The maximum absolute atomic E-state index is 5.57. The minimum Gasteiger partial charge on any atom is -0.497 e. The van der Waals surface area contributed by atoms with Crippen LogP contribution in [0.3, 0.4) is 0 Å². The van der Waals surface area contributed by atoms with E-state index in [1.54, 1.807) is 14.2 Å². The molecule has 1 atom stereocenters. The number of nitrogens with two attached hydrogens (primary N) is 1. The highest BCUT2D eigenvalue weighted by molar-refractivity contribution is 5.30. The van der Waals surface area contributed by atoms with Gasteiger partial charge in [0, 0.05) is 19.8 Å². The van der Waals surface area contributed by atoms with Crippen LogP contribution in [-0.2, 0) is 9.47 Å². The van der Waals surface area contributed by atoms with Crippen LogP contribution in [0.4, 0.5) is 0 Å². The molecule has 18 heavy (non-hydrogen) atoms. The zero-order chi connectivity index (χ0) is 13.2. The molecule has 0 aliphatic carbocycles. The molecule has 0 heterocycles. The summed E-state index contributed by atoms with van der Waals surface area (Å²) in [6.45, 7) is 1.85. The van der Waals surface area contributed by atoms with Crippen LogP contribution >= 0.6 is 0 Å². The molecule has 5 heteroatoms. The van der Waals surface area contributed by atoms with Gasteiger partial charge in [-0.1, -0.05) is 12.1 Å². The van der Waals surface area contributed by atoms with Gasteiger partial charge in [-0.3, -0.25) is 11.3 Å². The molecule has 1 aromatic rings. The van der Waals surface area contributed by atoms with E-state index < -0.39 is 0 Å². The van der Waals surface area contributed by atoms with Crippen molar-refractivity contribution in [1.29, 1.82) is 0 Å². The monoisotopic (exact) mass is 254 g/mol. The fourth-order valence-corrected chi connectivity index (χ4v) is 1.65. The molecule has 0 bridgehead atoms. The fraction of sp³-hybridized carbons (Fsp3) is 0.538. The average molecular weight is 254 g/mol. The molecule has 3 N–H and O–H groups in total. The first kappa shape index (κ1) is 14.9. The number of hydrogen-bond donors (Lipinski definition) is 2. The molecule has 0 saturated carbocycles. The summed E-state index contributed by atoms with van der Waals surface area (Å²) in [5.74, 6) is 6.39. The molecular formula is C13H22N2O3. The van der Waals surface area contributed by atoms with E-state index in [-0.39, 0.29) is 6.04 Å². The summed E-state index contributed by atoms with van der Waals surface area (Å²) in [5.41, 5.74) is 3.88. The second-order valence-electron chi connectivity index (χ2n) is 3.89. The lowest BCUT2D eigenvalue weighted by Crippen LogP contribution is -2.29. The molecule has 1 unspecified atom stereocenters. The number of methoxy groups -OCH3 is 2. The summed E-state index contributed by atoms with van der Waals surface area (Å²) >= 11 is 0. The second-order valence-corrected chi connectivity index (χ2v) is 3.89. The van der Waals surface area contributed by atoms with Crippen molar-refractivity contribution in [2.24, 2.45) is 5.84 Å². The van der Waals surface area contributed by atoms with E-state index in [9.17, 15) is 0 Å². The molecule has 0 aromatic heterocycles. The Hall–Kier alpha value is -1.14. The molecule has 0 aliphatic rings. The Bertz CT molecular complexity index is 334. The van der Waals surface area contributed by atoms with Gasteiger partial charge >= 0.3 is 0 Å². The summed E-state index contributed by atoms with van der Waals surface area (Å²) in [6.07, 6.45) is 0.799. The van der Waals surface area contributed by atoms with E-state index in [4.69, 9.17) is 20.1 Å². The third kappa shape index (κ3) is 5.01. The van der Waals surface area contributed by atoms with Crippen LogP contribution in [-0.4, -0.2) is 34.0 Å². The van der Waals surface area contributed by atoms with Gasteiger partial charge in [-0.15, -0.1) is 0 Å². The second kappa shape index (κ2) is 8.88. The fourth-order valence-electron chi connectivity index (χ4n) is 1.65. The predicted octanol–water partition coefficient (Wildman–Crippen LogP) is 1.25. The molecule has 102 valence electrons. The molecule has 1 aromatic carbocycles. The van der Waals surface area contributed by atoms with E-state index in [0.29, 0.717) is 19.8 Å². The summed E-state index contributed by atoms with van der Waals surface area (Å²) in [7, 11) is 3.31. The number of rotatable bonds is 9. The molecule has 5 nitrogen and oxygen atoms in total. The highest BCUT2D eigenvalue weighted by atomic mass is 16.5. The molecule has 0 radical (unpaired) electrons. The standard InChI is InChI=1S/C13H22N2O3/c1-16-8-9-18-7-6-13(15-14)11-4-3-5-12(10-11)17-2/h3-5,10,13,15H,6-9,14H2,1-2H3. The maximum Gasteiger partial charge on any atom is 0.119 e. The first-order valence-corrected chi connectivity index (χ1v) is 5.98. The average Bonchev–Trinajstić information content (AvgIpc) is 2.43. The number of benzene rings is 1. The van der Waals surface area contributed by atoms with Crippen LogP contribution < -0.4 is 16.0 Å². The summed E-state index contributed by atoms with van der Waals surface area (Å²) in [4.78, 5) is 0. The largest absolute Gasteiger partial charge is 0.497 e. The summed E-state index contributed by atoms with van der Waals surface area (Å²) in [5, 5.41) is 0. The van der Waals surface area contributed by atoms with Gasteiger partial charge in [-0.2, -0.15) is 0 Å². The SMILES string of the molecule is COCCOCCC(NN)c1cccc(OC)c1. The van der Waals surface area contributed by atoms with Crippen molar-refractivity contribution in [3.05, 3.63) is 29.8 Å². The van der Waals surface area contributed by atoms with Crippen LogP contribution in [0, 0.1) is 0 Å². The molecule has 0 saturated heterocycles. The smallest absolute Gasteiger partial charge is 0.119 e. The lowest BCUT2D eigenvalue weighted by Gasteiger charge is -2.17. The van der Waals surface area contributed by atoms with E-state index in [1.807, 2.05) is 24.3 Å². The first-order valence-electron chi connectivity index (χ1n) is 5.98. The van der Waals surface area contributed by atoms with Gasteiger partial charge in [0.2, 0.25) is 0 Å². The molecular weight excluding hydrogens is 232 g/mol. The topological polar surface area (TPSA) is 65.7 Å². The van der Waals surface area contributed by atoms with Crippen molar-refractivity contribution < 1.29 is 14.2 Å². The highest BCUT2D eigenvalue weighted by Crippen LogP contribution is 2.20. The molecule has 1 rings (SSSR count). The third-order valence-electron chi connectivity index (χ3n) is 2.68. The number of nitrogens with one attached hydrogen (secondary N) is 1. The molecule has 0 aliphatic heterocycles. The van der Waals surface area contributed by atoms with Crippen molar-refractivity contribution in [2.45, 2.75) is 12.5 Å². The van der Waals surface area contributed by atoms with E-state index in [1.165, 1.54) is 0 Å². The van der Waals surface area contributed by atoms with Gasteiger partial charge < -0.3 is 14.2 Å². The summed E-state index contributed by atoms with van der Waals surface area (Å²) < 4.78 is 15.5. The minimum absolute atomic E-state index is 0.0580. The highest BCUT2D eigenvalue weighted by Gasteiger charge is 2.10. The minimum atomic E-state index is 0.0580. The van der Waals surface area contributed by atoms with Crippen molar-refractivity contribution in [3.8, 4) is 5.75 Å². The Morgan fingerprint density at radius 1 is 1.22 bits per heavy atom. The van der Waals surface area contributed by atoms with Gasteiger partial charge in [0.05, 0.1) is 20.3 Å². The number of hydrazine groups is 1. The lowest BCUT2D eigenvalue weighted by molar-refractivity contribution is 0.0657. The molecule has 0 spiro atoms. The quantitative estimate of drug-likeness (QED) is 0.394. The zero-order valence-electron chi connectivity index (χ0n) is 11.0. The van der Waals surface area contributed by atoms with Crippen molar-refractivity contribution in [2.75, 3.05) is 34.0 Å². The van der Waals surface area contributed by atoms with Crippen LogP contribution in [0.25, 0.3) is 0 Å². The number of hydrogen-bond acceptors (Lipinski definition) is 5. The zero-order valence-corrected chi connectivity index (χ0v) is 11.0. The van der Waals surface area contributed by atoms with E-state index >= 15 is 0 Å². The molecule has 0 amide bonds. The van der Waals surface area contributed by atoms with Crippen LogP contribution in [0.5, 0.6) is 5.75 Å². The maximum atomic E-state index is 5.57. The predicted molar refractivity (Wildman–Crippen MR) is 70.4 cm³/mol.